The van der Waals surface area contributed by atoms with Crippen molar-refractivity contribution in [3.05, 3.63) is 24.5 Å². The van der Waals surface area contributed by atoms with Crippen molar-refractivity contribution in [3.63, 3.8) is 0 Å². The smallest absolute Gasteiger partial charge is 0.305 e. The maximum atomic E-state index is 11.9. The van der Waals surface area contributed by atoms with Gasteiger partial charge in [0.15, 0.2) is 0 Å². The minimum atomic E-state index is -3.66. The molecule has 0 saturated heterocycles. The van der Waals surface area contributed by atoms with Gasteiger partial charge >= 0.3 is 5.97 Å². The van der Waals surface area contributed by atoms with E-state index in [1.165, 1.54) is 17.1 Å². The summed E-state index contributed by atoms with van der Waals surface area (Å²) in [4.78, 5) is 10.4. The Labute approximate surface area is 123 Å². The SMILES string of the molecule is C=C(C)COCCNS(=O)(=O)c1cnn(CCC(=O)O)c1. The maximum absolute atomic E-state index is 11.9. The van der Waals surface area contributed by atoms with Crippen LogP contribution in [-0.4, -0.2) is 49.0 Å². The van der Waals surface area contributed by atoms with Gasteiger partial charge in [0.25, 0.3) is 0 Å². The molecule has 0 aromatic carbocycles. The van der Waals surface area contributed by atoms with E-state index in [1.54, 1.807) is 0 Å². The number of sulfonamides is 1. The zero-order valence-corrected chi connectivity index (χ0v) is 12.6. The van der Waals surface area contributed by atoms with Gasteiger partial charge in [0.1, 0.15) is 4.90 Å². The fraction of sp³-hybridized carbons (Fsp3) is 0.500. The minimum absolute atomic E-state index is 0.00668. The van der Waals surface area contributed by atoms with Crippen LogP contribution < -0.4 is 4.72 Å². The summed E-state index contributed by atoms with van der Waals surface area (Å²) in [5.74, 6) is -0.970. The Kier molecular flexibility index (Phi) is 6.53. The molecule has 0 amide bonds. The van der Waals surface area contributed by atoms with E-state index in [0.29, 0.717) is 6.61 Å². The summed E-state index contributed by atoms with van der Waals surface area (Å²) >= 11 is 0. The van der Waals surface area contributed by atoms with Crippen LogP contribution in [0, 0.1) is 0 Å². The highest BCUT2D eigenvalue weighted by Gasteiger charge is 2.16. The largest absolute Gasteiger partial charge is 0.481 e. The van der Waals surface area contributed by atoms with Crippen molar-refractivity contribution < 1.29 is 23.1 Å². The number of carbonyl (C=O) groups is 1. The van der Waals surface area contributed by atoms with Gasteiger partial charge in [-0.2, -0.15) is 5.10 Å². The summed E-state index contributed by atoms with van der Waals surface area (Å²) in [5.41, 5.74) is 0.859. The Morgan fingerprint density at radius 3 is 2.90 bits per heavy atom. The van der Waals surface area contributed by atoms with E-state index in [2.05, 4.69) is 16.4 Å². The molecular weight excluding hydrogens is 298 g/mol. The van der Waals surface area contributed by atoms with E-state index in [0.717, 1.165) is 5.57 Å². The molecule has 0 saturated carbocycles. The van der Waals surface area contributed by atoms with Crippen LogP contribution in [0.2, 0.25) is 0 Å². The summed E-state index contributed by atoms with van der Waals surface area (Å²) < 4.78 is 32.7. The van der Waals surface area contributed by atoms with Crippen molar-refractivity contribution in [2.24, 2.45) is 0 Å². The first-order valence-corrected chi connectivity index (χ1v) is 7.75. The summed E-state index contributed by atoms with van der Waals surface area (Å²) in [5, 5.41) is 12.4. The quantitative estimate of drug-likeness (QED) is 0.472. The fourth-order valence-electron chi connectivity index (χ4n) is 1.39. The van der Waals surface area contributed by atoms with Crippen molar-refractivity contribution in [3.8, 4) is 0 Å². The third-order valence-electron chi connectivity index (χ3n) is 2.36. The monoisotopic (exact) mass is 317 g/mol. The zero-order chi connectivity index (χ0) is 15.9. The van der Waals surface area contributed by atoms with Gasteiger partial charge in [0.05, 0.1) is 32.4 Å². The Hall–Kier alpha value is -1.71. The van der Waals surface area contributed by atoms with Gasteiger partial charge in [-0.3, -0.25) is 9.48 Å². The molecule has 0 unspecified atom stereocenters. The molecule has 0 aliphatic carbocycles. The average molecular weight is 317 g/mol. The zero-order valence-electron chi connectivity index (χ0n) is 11.8. The second-order valence-electron chi connectivity index (χ2n) is 4.49. The first-order valence-electron chi connectivity index (χ1n) is 6.27. The van der Waals surface area contributed by atoms with Gasteiger partial charge in [-0.1, -0.05) is 12.2 Å². The lowest BCUT2D eigenvalue weighted by atomic mass is 10.4. The normalized spacial score (nSPS) is 11.5. The average Bonchev–Trinajstić information content (AvgIpc) is 2.85. The first-order chi connectivity index (χ1) is 9.81. The van der Waals surface area contributed by atoms with E-state index in [4.69, 9.17) is 9.84 Å². The lowest BCUT2D eigenvalue weighted by molar-refractivity contribution is -0.137. The predicted molar refractivity (Wildman–Crippen MR) is 75.3 cm³/mol. The second kappa shape index (κ2) is 7.91. The Morgan fingerprint density at radius 2 is 2.29 bits per heavy atom. The van der Waals surface area contributed by atoms with Crippen LogP contribution in [0.3, 0.4) is 0 Å². The van der Waals surface area contributed by atoms with Crippen LogP contribution in [-0.2, 0) is 26.1 Å². The Bertz CT molecular complexity index is 594. The Morgan fingerprint density at radius 1 is 1.57 bits per heavy atom. The number of nitrogens with one attached hydrogen (secondary N) is 1. The van der Waals surface area contributed by atoms with Crippen LogP contribution in [0.15, 0.2) is 29.4 Å². The number of hydrogen-bond donors (Lipinski definition) is 2. The number of ether oxygens (including phenoxy) is 1. The molecule has 0 fully saturated rings. The van der Waals surface area contributed by atoms with Gasteiger partial charge in [-0.15, -0.1) is 0 Å². The molecule has 1 rings (SSSR count). The number of aliphatic carboxylic acids is 1. The van der Waals surface area contributed by atoms with Crippen molar-refractivity contribution in [1.29, 1.82) is 0 Å². The van der Waals surface area contributed by atoms with Gasteiger partial charge in [0, 0.05) is 12.7 Å². The standard InChI is InChI=1S/C12H19N3O5S/c1-10(2)9-20-6-4-14-21(18,19)11-7-13-15(8-11)5-3-12(16)17/h7-8,14H,1,3-6,9H2,2H3,(H,16,17). The van der Waals surface area contributed by atoms with Crippen molar-refractivity contribution >= 4 is 16.0 Å². The van der Waals surface area contributed by atoms with Crippen LogP contribution in [0.4, 0.5) is 0 Å². The lowest BCUT2D eigenvalue weighted by Gasteiger charge is -2.05. The summed E-state index contributed by atoms with van der Waals surface area (Å²) in [6, 6.07) is 0. The molecule has 0 radical (unpaired) electrons. The third kappa shape index (κ3) is 6.52. The summed E-state index contributed by atoms with van der Waals surface area (Å²) in [6.07, 6.45) is 2.35. The third-order valence-corrected chi connectivity index (χ3v) is 3.78. The Balaban J connectivity index is 2.46. The summed E-state index contributed by atoms with van der Waals surface area (Å²) in [6.45, 7) is 6.35. The number of carboxylic acids is 1. The fourth-order valence-corrected chi connectivity index (χ4v) is 2.36. The van der Waals surface area contributed by atoms with Gasteiger partial charge in [-0.05, 0) is 6.92 Å². The second-order valence-corrected chi connectivity index (χ2v) is 6.26. The van der Waals surface area contributed by atoms with E-state index < -0.39 is 16.0 Å². The molecule has 0 bridgehead atoms. The molecule has 0 atom stereocenters. The molecule has 1 heterocycles. The molecule has 0 aliphatic heterocycles. The van der Waals surface area contributed by atoms with Crippen molar-refractivity contribution in [2.75, 3.05) is 19.8 Å². The van der Waals surface area contributed by atoms with Gasteiger partial charge in [-0.25, -0.2) is 13.1 Å². The molecule has 1 aromatic heterocycles. The number of rotatable bonds is 10. The molecule has 0 aliphatic rings. The van der Waals surface area contributed by atoms with E-state index in [9.17, 15) is 13.2 Å². The minimum Gasteiger partial charge on any atom is -0.481 e. The molecule has 9 heteroatoms. The number of aryl methyl sites for hydroxylation is 1. The first kappa shape index (κ1) is 17.3. The molecule has 118 valence electrons. The molecule has 21 heavy (non-hydrogen) atoms. The van der Waals surface area contributed by atoms with E-state index >= 15 is 0 Å². The lowest BCUT2D eigenvalue weighted by Crippen LogP contribution is -2.27. The van der Waals surface area contributed by atoms with Crippen LogP contribution in [0.25, 0.3) is 0 Å². The number of carboxylic acid groups (broad SMARTS) is 1. The van der Waals surface area contributed by atoms with E-state index in [-0.39, 0.29) is 31.0 Å². The molecular formula is C12H19N3O5S. The maximum Gasteiger partial charge on any atom is 0.305 e. The number of nitrogens with zero attached hydrogens (tertiary/aromatic N) is 2. The van der Waals surface area contributed by atoms with Gasteiger partial charge in [0.2, 0.25) is 10.0 Å². The molecule has 0 spiro atoms. The van der Waals surface area contributed by atoms with Crippen LogP contribution in [0.5, 0.6) is 0 Å². The van der Waals surface area contributed by atoms with Crippen molar-refractivity contribution in [2.45, 2.75) is 24.8 Å². The number of aromatic nitrogens is 2. The van der Waals surface area contributed by atoms with Crippen molar-refractivity contribution in [1.82, 2.24) is 14.5 Å². The van der Waals surface area contributed by atoms with Gasteiger partial charge < -0.3 is 9.84 Å². The highest BCUT2D eigenvalue weighted by atomic mass is 32.2. The number of hydrogen-bond acceptors (Lipinski definition) is 5. The highest BCUT2D eigenvalue weighted by molar-refractivity contribution is 7.89. The van der Waals surface area contributed by atoms with E-state index in [1.807, 2.05) is 6.92 Å². The predicted octanol–water partition coefficient (Wildman–Crippen LogP) is 0.229. The molecule has 8 nitrogen and oxygen atoms in total. The molecule has 1 aromatic rings. The summed E-state index contributed by atoms with van der Waals surface area (Å²) in [7, 11) is -3.66. The van der Waals surface area contributed by atoms with Crippen LogP contribution in [0.1, 0.15) is 13.3 Å². The van der Waals surface area contributed by atoms with Crippen LogP contribution >= 0.6 is 0 Å². The molecule has 2 N–H and O–H groups in total. The topological polar surface area (TPSA) is 111 Å². The highest BCUT2D eigenvalue weighted by Crippen LogP contribution is 2.07.